The van der Waals surface area contributed by atoms with Crippen LogP contribution in [0.5, 0.6) is 0 Å². The summed E-state index contributed by atoms with van der Waals surface area (Å²) in [6.07, 6.45) is 0.731. The Balaban J connectivity index is 1.62. The fourth-order valence-electron chi connectivity index (χ4n) is 3.43. The van der Waals surface area contributed by atoms with Crippen molar-refractivity contribution < 1.29 is 4.79 Å². The second kappa shape index (κ2) is 9.83. The van der Waals surface area contributed by atoms with Gasteiger partial charge in [-0.1, -0.05) is 72.4 Å². The van der Waals surface area contributed by atoms with Crippen LogP contribution in [0.15, 0.2) is 75.3 Å². The molecule has 2 aromatic carbocycles. The third-order valence-corrected chi connectivity index (χ3v) is 6.19. The zero-order chi connectivity index (χ0) is 23.4. The maximum Gasteiger partial charge on any atom is 0.332 e. The van der Waals surface area contributed by atoms with Crippen molar-refractivity contribution >= 4 is 28.7 Å². The van der Waals surface area contributed by atoms with Gasteiger partial charge in [0.1, 0.15) is 10.4 Å². The van der Waals surface area contributed by atoms with Crippen molar-refractivity contribution in [3.05, 3.63) is 87.1 Å². The van der Waals surface area contributed by atoms with E-state index in [-0.39, 0.29) is 22.7 Å². The number of amides is 1. The van der Waals surface area contributed by atoms with Gasteiger partial charge in [0.2, 0.25) is 5.91 Å². The second-order valence-electron chi connectivity index (χ2n) is 7.50. The van der Waals surface area contributed by atoms with Gasteiger partial charge in [0, 0.05) is 26.2 Å². The molecule has 8 nitrogen and oxygen atoms in total. The number of hydrogen-bond acceptors (Lipinski definition) is 6. The highest BCUT2D eigenvalue weighted by atomic mass is 32.2. The van der Waals surface area contributed by atoms with Gasteiger partial charge >= 0.3 is 5.69 Å². The molecule has 0 spiro atoms. The molecule has 0 saturated carbocycles. The molecule has 168 valence electrons. The Hall–Kier alpha value is -3.72. The highest BCUT2D eigenvalue weighted by Gasteiger charge is 2.19. The Labute approximate surface area is 194 Å². The Morgan fingerprint density at radius 1 is 0.939 bits per heavy atom. The van der Waals surface area contributed by atoms with Crippen LogP contribution in [-0.2, 0) is 25.3 Å². The molecule has 1 amide bonds. The number of thioether (sulfide) groups is 1. The van der Waals surface area contributed by atoms with Crippen molar-refractivity contribution in [2.45, 2.75) is 11.4 Å². The molecule has 0 fully saturated rings. The molecule has 0 aliphatic rings. The van der Waals surface area contributed by atoms with E-state index in [1.807, 2.05) is 60.7 Å². The predicted octanol–water partition coefficient (Wildman–Crippen LogP) is 2.15. The first-order chi connectivity index (χ1) is 16.0. The van der Waals surface area contributed by atoms with Gasteiger partial charge in [0.15, 0.2) is 11.5 Å². The van der Waals surface area contributed by atoms with Crippen molar-refractivity contribution in [1.82, 2.24) is 24.4 Å². The lowest BCUT2D eigenvalue weighted by Crippen LogP contribution is -2.37. The fraction of sp³-hybridized carbons (Fsp3) is 0.208. The van der Waals surface area contributed by atoms with Crippen molar-refractivity contribution in [3.8, 4) is 11.4 Å². The summed E-state index contributed by atoms with van der Waals surface area (Å²) in [7, 11) is 2.98. The van der Waals surface area contributed by atoms with Crippen LogP contribution in [0.1, 0.15) is 5.56 Å². The summed E-state index contributed by atoms with van der Waals surface area (Å²) in [6.45, 7) is 0.513. The molecule has 1 N–H and O–H groups in total. The number of nitrogens with one attached hydrogen (secondary N) is 1. The van der Waals surface area contributed by atoms with Gasteiger partial charge in [-0.25, -0.2) is 14.8 Å². The molecule has 0 aliphatic heterocycles. The van der Waals surface area contributed by atoms with Crippen molar-refractivity contribution in [3.63, 3.8) is 0 Å². The molecule has 2 heterocycles. The van der Waals surface area contributed by atoms with E-state index >= 15 is 0 Å². The maximum atomic E-state index is 12.9. The van der Waals surface area contributed by atoms with Gasteiger partial charge in [-0.05, 0) is 12.0 Å². The van der Waals surface area contributed by atoms with Crippen LogP contribution in [0.25, 0.3) is 22.4 Å². The Kier molecular flexibility index (Phi) is 6.69. The molecule has 0 atom stereocenters. The van der Waals surface area contributed by atoms with Gasteiger partial charge in [-0.15, -0.1) is 0 Å². The number of fused-ring (bicyclic) bond motifs is 1. The van der Waals surface area contributed by atoms with Crippen LogP contribution in [-0.4, -0.2) is 37.3 Å². The number of rotatable bonds is 7. The molecule has 4 rings (SSSR count). The minimum Gasteiger partial charge on any atom is -0.355 e. The van der Waals surface area contributed by atoms with Gasteiger partial charge in [-0.2, -0.15) is 0 Å². The molecular weight excluding hydrogens is 438 g/mol. The number of hydrogen-bond donors (Lipinski definition) is 1. The first-order valence-electron chi connectivity index (χ1n) is 10.4. The molecule has 9 heteroatoms. The Bertz CT molecular complexity index is 1420. The van der Waals surface area contributed by atoms with Crippen LogP contribution in [0, 0.1) is 0 Å². The first-order valence-corrected chi connectivity index (χ1v) is 11.4. The SMILES string of the molecule is Cn1c(=O)c2c(SCC(=O)NCCc3ccccc3)nc(-c3ccccc3)nc2n(C)c1=O. The van der Waals surface area contributed by atoms with Crippen LogP contribution < -0.4 is 16.6 Å². The molecule has 0 bridgehead atoms. The molecule has 2 aromatic heterocycles. The van der Waals surface area contributed by atoms with E-state index in [9.17, 15) is 14.4 Å². The van der Waals surface area contributed by atoms with Crippen LogP contribution >= 0.6 is 11.8 Å². The average molecular weight is 462 g/mol. The Morgan fingerprint density at radius 2 is 1.61 bits per heavy atom. The number of carbonyl (C=O) groups excluding carboxylic acids is 1. The van der Waals surface area contributed by atoms with Gasteiger partial charge in [-0.3, -0.25) is 18.7 Å². The Morgan fingerprint density at radius 3 is 2.30 bits per heavy atom. The average Bonchev–Trinajstić information content (AvgIpc) is 2.85. The normalized spacial score (nSPS) is 11.0. The van der Waals surface area contributed by atoms with Gasteiger partial charge in [0.05, 0.1) is 5.75 Å². The highest BCUT2D eigenvalue weighted by molar-refractivity contribution is 8.00. The number of aryl methyl sites for hydroxylation is 1. The van der Waals surface area contributed by atoms with E-state index in [0.29, 0.717) is 17.4 Å². The summed E-state index contributed by atoms with van der Waals surface area (Å²) in [5, 5.41) is 3.49. The van der Waals surface area contributed by atoms with Crippen molar-refractivity contribution in [2.24, 2.45) is 14.1 Å². The summed E-state index contributed by atoms with van der Waals surface area (Å²) < 4.78 is 2.35. The highest BCUT2D eigenvalue weighted by Crippen LogP contribution is 2.25. The number of benzene rings is 2. The largest absolute Gasteiger partial charge is 0.355 e. The van der Waals surface area contributed by atoms with Gasteiger partial charge < -0.3 is 5.32 Å². The number of nitrogens with zero attached hydrogens (tertiary/aromatic N) is 4. The van der Waals surface area contributed by atoms with E-state index in [1.165, 1.54) is 11.6 Å². The number of aromatic nitrogens is 4. The lowest BCUT2D eigenvalue weighted by Gasteiger charge is -2.12. The van der Waals surface area contributed by atoms with E-state index in [4.69, 9.17) is 0 Å². The third-order valence-electron chi connectivity index (χ3n) is 5.22. The van der Waals surface area contributed by atoms with Gasteiger partial charge in [0.25, 0.3) is 5.56 Å². The molecule has 0 saturated heterocycles. The van der Waals surface area contributed by atoms with E-state index < -0.39 is 11.2 Å². The predicted molar refractivity (Wildman–Crippen MR) is 129 cm³/mol. The van der Waals surface area contributed by atoms with Crippen LogP contribution in [0.4, 0.5) is 0 Å². The zero-order valence-electron chi connectivity index (χ0n) is 18.3. The van der Waals surface area contributed by atoms with E-state index in [1.54, 1.807) is 7.05 Å². The minimum atomic E-state index is -0.486. The molecule has 0 aliphatic carbocycles. The van der Waals surface area contributed by atoms with Crippen molar-refractivity contribution in [1.29, 1.82) is 0 Å². The lowest BCUT2D eigenvalue weighted by molar-refractivity contribution is -0.118. The molecule has 4 aromatic rings. The van der Waals surface area contributed by atoms with E-state index in [0.717, 1.165) is 33.9 Å². The smallest absolute Gasteiger partial charge is 0.332 e. The van der Waals surface area contributed by atoms with Crippen molar-refractivity contribution in [2.75, 3.05) is 12.3 Å². The van der Waals surface area contributed by atoms with E-state index in [2.05, 4.69) is 15.3 Å². The summed E-state index contributed by atoms with van der Waals surface area (Å²) in [5.74, 6) is 0.310. The van der Waals surface area contributed by atoms with Crippen LogP contribution in [0.2, 0.25) is 0 Å². The topological polar surface area (TPSA) is 98.9 Å². The first kappa shape index (κ1) is 22.5. The summed E-state index contributed by atoms with van der Waals surface area (Å²) in [5.41, 5.74) is 1.18. The summed E-state index contributed by atoms with van der Waals surface area (Å²) in [4.78, 5) is 46.9. The quantitative estimate of drug-likeness (QED) is 0.334. The molecular formula is C24H23N5O3S. The molecule has 0 unspecified atom stereocenters. The van der Waals surface area contributed by atoms with Crippen LogP contribution in [0.3, 0.4) is 0 Å². The molecule has 0 radical (unpaired) electrons. The standard InChI is InChI=1S/C24H23N5O3S/c1-28-21-19(23(31)29(2)24(28)32)22(27-20(26-21)17-11-7-4-8-12-17)33-15-18(30)25-14-13-16-9-5-3-6-10-16/h3-12H,13-15H2,1-2H3,(H,25,30). The molecule has 33 heavy (non-hydrogen) atoms. The zero-order valence-corrected chi connectivity index (χ0v) is 19.1. The summed E-state index contributed by atoms with van der Waals surface area (Å²) in [6, 6.07) is 19.2. The second-order valence-corrected chi connectivity index (χ2v) is 8.46. The minimum absolute atomic E-state index is 0.0845. The maximum absolute atomic E-state index is 12.9. The monoisotopic (exact) mass is 461 g/mol. The lowest BCUT2D eigenvalue weighted by atomic mass is 10.1. The fourth-order valence-corrected chi connectivity index (χ4v) is 4.27. The third kappa shape index (κ3) is 4.88. The summed E-state index contributed by atoms with van der Waals surface area (Å²) >= 11 is 1.16. The number of carbonyl (C=O) groups is 1.